The number of pyridine rings is 1. The highest BCUT2D eigenvalue weighted by atomic mass is 79.9. The van der Waals surface area contributed by atoms with Crippen LogP contribution in [0.15, 0.2) is 27.6 Å². The standard InChI is InChI=1S/C13H20BrN3O2/c1-2-3-4-11(7-15)16-12(18)9-17-8-10(14)5-6-13(17)19/h5-6,8,11H,2-4,7,9,15H2,1H3,(H,16,18). The van der Waals surface area contributed by atoms with Crippen LogP contribution in [0, 0.1) is 0 Å². The van der Waals surface area contributed by atoms with E-state index in [4.69, 9.17) is 5.73 Å². The summed E-state index contributed by atoms with van der Waals surface area (Å²) in [7, 11) is 0. The number of nitrogens with one attached hydrogen (secondary N) is 1. The van der Waals surface area contributed by atoms with E-state index in [0.717, 1.165) is 23.7 Å². The first-order valence-electron chi connectivity index (χ1n) is 6.42. The molecule has 0 aliphatic carbocycles. The molecule has 1 aromatic heterocycles. The predicted molar refractivity (Wildman–Crippen MR) is 78.9 cm³/mol. The zero-order chi connectivity index (χ0) is 14.3. The Balaban J connectivity index is 2.59. The number of carbonyl (C=O) groups excluding carboxylic acids is 1. The highest BCUT2D eigenvalue weighted by molar-refractivity contribution is 9.10. The summed E-state index contributed by atoms with van der Waals surface area (Å²) in [6.07, 6.45) is 4.56. The van der Waals surface area contributed by atoms with Gasteiger partial charge in [-0.15, -0.1) is 0 Å². The maximum Gasteiger partial charge on any atom is 0.251 e. The number of aromatic nitrogens is 1. The average molecular weight is 330 g/mol. The van der Waals surface area contributed by atoms with Crippen molar-refractivity contribution in [2.24, 2.45) is 5.73 Å². The zero-order valence-corrected chi connectivity index (χ0v) is 12.6. The van der Waals surface area contributed by atoms with Gasteiger partial charge in [-0.05, 0) is 28.4 Å². The van der Waals surface area contributed by atoms with Crippen molar-refractivity contribution in [2.75, 3.05) is 6.54 Å². The molecule has 0 aromatic carbocycles. The van der Waals surface area contributed by atoms with Crippen LogP contribution in [0.25, 0.3) is 0 Å². The van der Waals surface area contributed by atoms with E-state index in [1.54, 1.807) is 12.3 Å². The summed E-state index contributed by atoms with van der Waals surface area (Å²) in [5.74, 6) is -0.188. The van der Waals surface area contributed by atoms with Gasteiger partial charge < -0.3 is 15.6 Å². The number of unbranched alkanes of at least 4 members (excludes halogenated alkanes) is 1. The summed E-state index contributed by atoms with van der Waals surface area (Å²) in [6.45, 7) is 2.52. The van der Waals surface area contributed by atoms with Gasteiger partial charge in [-0.3, -0.25) is 9.59 Å². The first-order valence-corrected chi connectivity index (χ1v) is 7.21. The molecule has 1 aromatic rings. The molecule has 1 atom stereocenters. The molecule has 6 heteroatoms. The van der Waals surface area contributed by atoms with E-state index in [1.165, 1.54) is 10.6 Å². The Hall–Kier alpha value is -1.14. The molecule has 1 unspecified atom stereocenters. The molecule has 0 spiro atoms. The second kappa shape index (κ2) is 8.12. The van der Waals surface area contributed by atoms with E-state index in [-0.39, 0.29) is 24.1 Å². The summed E-state index contributed by atoms with van der Waals surface area (Å²) < 4.78 is 2.13. The van der Waals surface area contributed by atoms with Crippen LogP contribution in [0.2, 0.25) is 0 Å². The molecule has 5 nitrogen and oxygen atoms in total. The van der Waals surface area contributed by atoms with Crippen molar-refractivity contribution >= 4 is 21.8 Å². The minimum Gasteiger partial charge on any atom is -0.351 e. The molecule has 0 saturated carbocycles. The molecule has 1 heterocycles. The van der Waals surface area contributed by atoms with E-state index in [2.05, 4.69) is 28.2 Å². The molecule has 0 aliphatic rings. The largest absolute Gasteiger partial charge is 0.351 e. The number of nitrogens with zero attached hydrogens (tertiary/aromatic N) is 1. The lowest BCUT2D eigenvalue weighted by Gasteiger charge is -2.16. The van der Waals surface area contributed by atoms with Crippen molar-refractivity contribution in [3.05, 3.63) is 33.2 Å². The molecule has 0 aliphatic heterocycles. The number of hydrogen-bond donors (Lipinski definition) is 2. The number of halogens is 1. The van der Waals surface area contributed by atoms with Crippen LogP contribution in [-0.2, 0) is 11.3 Å². The minimum absolute atomic E-state index is 0.0148. The molecule has 1 amide bonds. The van der Waals surface area contributed by atoms with Crippen molar-refractivity contribution in [3.63, 3.8) is 0 Å². The van der Waals surface area contributed by atoms with E-state index in [9.17, 15) is 9.59 Å². The summed E-state index contributed by atoms with van der Waals surface area (Å²) in [5.41, 5.74) is 5.42. The summed E-state index contributed by atoms with van der Waals surface area (Å²) in [5, 5.41) is 2.86. The van der Waals surface area contributed by atoms with Gasteiger partial charge in [0.2, 0.25) is 5.91 Å². The van der Waals surface area contributed by atoms with Gasteiger partial charge >= 0.3 is 0 Å². The maximum atomic E-state index is 11.9. The van der Waals surface area contributed by atoms with Crippen LogP contribution in [0.4, 0.5) is 0 Å². The van der Waals surface area contributed by atoms with Gasteiger partial charge in [-0.2, -0.15) is 0 Å². The lowest BCUT2D eigenvalue weighted by Crippen LogP contribution is -2.42. The van der Waals surface area contributed by atoms with Crippen LogP contribution in [0.3, 0.4) is 0 Å². The third-order valence-electron chi connectivity index (χ3n) is 2.82. The third-order valence-corrected chi connectivity index (χ3v) is 3.29. The average Bonchev–Trinajstić information content (AvgIpc) is 2.38. The van der Waals surface area contributed by atoms with Gasteiger partial charge in [-0.1, -0.05) is 19.8 Å². The molecule has 0 saturated heterocycles. The number of nitrogens with two attached hydrogens (primary N) is 1. The van der Waals surface area contributed by atoms with Gasteiger partial charge in [-0.25, -0.2) is 0 Å². The van der Waals surface area contributed by atoms with Crippen molar-refractivity contribution in [2.45, 2.75) is 38.8 Å². The second-order valence-electron chi connectivity index (χ2n) is 4.46. The lowest BCUT2D eigenvalue weighted by molar-refractivity contribution is -0.122. The van der Waals surface area contributed by atoms with Crippen LogP contribution >= 0.6 is 15.9 Å². The van der Waals surface area contributed by atoms with Crippen LogP contribution < -0.4 is 16.6 Å². The molecule has 3 N–H and O–H groups in total. The number of rotatable bonds is 7. The molecular weight excluding hydrogens is 310 g/mol. The highest BCUT2D eigenvalue weighted by Gasteiger charge is 2.11. The SMILES string of the molecule is CCCCC(CN)NC(=O)Cn1cc(Br)ccc1=O. The molecular formula is C13H20BrN3O2. The van der Waals surface area contributed by atoms with Crippen LogP contribution in [-0.4, -0.2) is 23.1 Å². The predicted octanol–water partition coefficient (Wildman–Crippen LogP) is 1.24. The van der Waals surface area contributed by atoms with Crippen molar-refractivity contribution in [1.29, 1.82) is 0 Å². The van der Waals surface area contributed by atoms with E-state index >= 15 is 0 Å². The fraction of sp³-hybridized carbons (Fsp3) is 0.538. The van der Waals surface area contributed by atoms with Crippen molar-refractivity contribution in [3.8, 4) is 0 Å². The fourth-order valence-corrected chi connectivity index (χ4v) is 2.13. The Morgan fingerprint density at radius 1 is 1.53 bits per heavy atom. The lowest BCUT2D eigenvalue weighted by atomic mass is 10.1. The van der Waals surface area contributed by atoms with Gasteiger partial charge in [0.25, 0.3) is 5.56 Å². The van der Waals surface area contributed by atoms with Gasteiger partial charge in [0.05, 0.1) is 0 Å². The molecule has 0 radical (unpaired) electrons. The Labute approximate surface area is 121 Å². The Kier molecular flexibility index (Phi) is 6.80. The summed E-state index contributed by atoms with van der Waals surface area (Å²) in [4.78, 5) is 23.4. The number of hydrogen-bond acceptors (Lipinski definition) is 3. The first kappa shape index (κ1) is 15.9. The van der Waals surface area contributed by atoms with Crippen LogP contribution in [0.1, 0.15) is 26.2 Å². The maximum absolute atomic E-state index is 11.9. The Bertz CT molecular complexity index is 473. The molecule has 0 bridgehead atoms. The van der Waals surface area contributed by atoms with Crippen LogP contribution in [0.5, 0.6) is 0 Å². The smallest absolute Gasteiger partial charge is 0.251 e. The Morgan fingerprint density at radius 3 is 2.89 bits per heavy atom. The van der Waals surface area contributed by atoms with Gasteiger partial charge in [0.1, 0.15) is 6.54 Å². The van der Waals surface area contributed by atoms with Crippen molar-refractivity contribution in [1.82, 2.24) is 9.88 Å². The summed E-state index contributed by atoms with van der Waals surface area (Å²) in [6, 6.07) is 3.06. The quantitative estimate of drug-likeness (QED) is 0.790. The van der Waals surface area contributed by atoms with E-state index in [1.807, 2.05) is 0 Å². The molecule has 1 rings (SSSR count). The minimum atomic E-state index is -0.198. The van der Waals surface area contributed by atoms with Gasteiger partial charge in [0, 0.05) is 29.3 Å². The zero-order valence-electron chi connectivity index (χ0n) is 11.1. The molecule has 0 fully saturated rings. The number of amides is 1. The third kappa shape index (κ3) is 5.57. The van der Waals surface area contributed by atoms with E-state index in [0.29, 0.717) is 6.54 Å². The topological polar surface area (TPSA) is 77.1 Å². The Morgan fingerprint density at radius 2 is 2.26 bits per heavy atom. The highest BCUT2D eigenvalue weighted by Crippen LogP contribution is 2.05. The number of carbonyl (C=O) groups is 1. The van der Waals surface area contributed by atoms with E-state index < -0.39 is 0 Å². The normalized spacial score (nSPS) is 12.2. The fourth-order valence-electron chi connectivity index (χ4n) is 1.75. The molecule has 19 heavy (non-hydrogen) atoms. The van der Waals surface area contributed by atoms with Crippen molar-refractivity contribution < 1.29 is 4.79 Å². The first-order chi connectivity index (χ1) is 9.06. The summed E-state index contributed by atoms with van der Waals surface area (Å²) >= 11 is 3.27. The monoisotopic (exact) mass is 329 g/mol. The second-order valence-corrected chi connectivity index (χ2v) is 5.37. The van der Waals surface area contributed by atoms with Gasteiger partial charge in [0.15, 0.2) is 0 Å². The molecule has 106 valence electrons.